The number of nitrogens with zero attached hydrogens (tertiary/aromatic N) is 1. The Morgan fingerprint density at radius 1 is 1.52 bits per heavy atom. The molecule has 0 bridgehead atoms. The van der Waals surface area contributed by atoms with Crippen molar-refractivity contribution in [3.8, 4) is 5.75 Å². The average Bonchev–Trinajstić information content (AvgIpc) is 2.49. The number of hydrazone groups is 1. The molecule has 1 amide bonds. The average molecular weight is 292 g/mol. The fraction of sp³-hybridized carbons (Fsp3) is 0.375. The molecule has 1 unspecified atom stereocenters. The van der Waals surface area contributed by atoms with E-state index in [4.69, 9.17) is 4.74 Å². The van der Waals surface area contributed by atoms with E-state index in [0.717, 1.165) is 6.42 Å². The summed E-state index contributed by atoms with van der Waals surface area (Å²) in [6.07, 6.45) is 2.66. The third-order valence-electron chi connectivity index (χ3n) is 3.24. The monoisotopic (exact) mass is 292 g/mol. The summed E-state index contributed by atoms with van der Waals surface area (Å²) >= 11 is 0. The minimum Gasteiger partial charge on any atom is -0.493 e. The van der Waals surface area contributed by atoms with E-state index in [1.165, 1.54) is 6.08 Å². The Balaban J connectivity index is 3.39. The van der Waals surface area contributed by atoms with E-state index in [0.29, 0.717) is 35.6 Å². The molecular weight excluding hydrogens is 271 g/mol. The van der Waals surface area contributed by atoms with Crippen LogP contribution in [0, 0.1) is 11.7 Å². The molecule has 1 atom stereocenters. The van der Waals surface area contributed by atoms with Gasteiger partial charge in [-0.25, -0.2) is 9.82 Å². The second-order valence-corrected chi connectivity index (χ2v) is 4.53. The predicted octanol–water partition coefficient (Wildman–Crippen LogP) is 3.36. The smallest absolute Gasteiger partial charge is 0.227 e. The van der Waals surface area contributed by atoms with Crippen LogP contribution in [-0.2, 0) is 4.79 Å². The zero-order valence-electron chi connectivity index (χ0n) is 12.6. The number of halogens is 1. The molecule has 21 heavy (non-hydrogen) atoms. The molecule has 0 spiro atoms. The van der Waals surface area contributed by atoms with Crippen LogP contribution in [0.15, 0.2) is 23.8 Å². The summed E-state index contributed by atoms with van der Waals surface area (Å²) in [6.45, 7) is 9.81. The summed E-state index contributed by atoms with van der Waals surface area (Å²) in [5.74, 6) is 0.00542. The van der Waals surface area contributed by atoms with E-state index in [9.17, 15) is 9.18 Å². The first-order valence-electron chi connectivity index (χ1n) is 6.95. The second-order valence-electron chi connectivity index (χ2n) is 4.53. The highest BCUT2D eigenvalue weighted by atomic mass is 19.1. The lowest BCUT2D eigenvalue weighted by molar-refractivity contribution is -0.109. The molecule has 4 nitrogen and oxygen atoms in total. The second kappa shape index (κ2) is 8.19. The first-order valence-corrected chi connectivity index (χ1v) is 6.95. The third kappa shape index (κ3) is 3.90. The Morgan fingerprint density at radius 2 is 2.24 bits per heavy atom. The fourth-order valence-corrected chi connectivity index (χ4v) is 1.97. The van der Waals surface area contributed by atoms with Gasteiger partial charge in [0.05, 0.1) is 17.9 Å². The summed E-state index contributed by atoms with van der Waals surface area (Å²) in [5.41, 5.74) is 3.39. The first kappa shape index (κ1) is 16.9. The lowest BCUT2D eigenvalue weighted by Gasteiger charge is -2.16. The van der Waals surface area contributed by atoms with Gasteiger partial charge in [0.25, 0.3) is 0 Å². The summed E-state index contributed by atoms with van der Waals surface area (Å²) in [7, 11) is 0. The number of carbonyl (C=O) groups is 1. The molecule has 0 aliphatic heterocycles. The van der Waals surface area contributed by atoms with Gasteiger partial charge in [-0.1, -0.05) is 26.5 Å². The zero-order chi connectivity index (χ0) is 15.8. The molecule has 0 aliphatic rings. The number of carbonyl (C=O) groups excluding carboxylic acids is 1. The van der Waals surface area contributed by atoms with Crippen molar-refractivity contribution >= 4 is 18.2 Å². The van der Waals surface area contributed by atoms with E-state index >= 15 is 0 Å². The number of rotatable bonds is 8. The van der Waals surface area contributed by atoms with Gasteiger partial charge in [0.15, 0.2) is 0 Å². The highest BCUT2D eigenvalue weighted by molar-refractivity contribution is 6.03. The number of hydrogen-bond acceptors (Lipinski definition) is 3. The van der Waals surface area contributed by atoms with E-state index in [1.54, 1.807) is 12.1 Å². The molecule has 1 aromatic carbocycles. The molecule has 0 heterocycles. The molecule has 0 aromatic heterocycles. The van der Waals surface area contributed by atoms with Gasteiger partial charge in [-0.15, -0.1) is 0 Å². The van der Waals surface area contributed by atoms with Gasteiger partial charge in [-0.05, 0) is 25.5 Å². The highest BCUT2D eigenvalue weighted by Crippen LogP contribution is 2.28. The molecule has 5 heteroatoms. The van der Waals surface area contributed by atoms with Crippen LogP contribution in [0.1, 0.15) is 38.3 Å². The van der Waals surface area contributed by atoms with Gasteiger partial charge >= 0.3 is 0 Å². The number of benzene rings is 1. The highest BCUT2D eigenvalue weighted by Gasteiger charge is 2.19. The Hall–Kier alpha value is -2.17. The van der Waals surface area contributed by atoms with Crippen molar-refractivity contribution in [1.82, 2.24) is 5.43 Å². The van der Waals surface area contributed by atoms with Crippen LogP contribution in [0.2, 0.25) is 0 Å². The van der Waals surface area contributed by atoms with Crippen molar-refractivity contribution in [2.75, 3.05) is 6.61 Å². The van der Waals surface area contributed by atoms with Gasteiger partial charge in [0.1, 0.15) is 11.6 Å². The van der Waals surface area contributed by atoms with Gasteiger partial charge in [-0.3, -0.25) is 4.79 Å². The number of nitrogens with one attached hydrogen (secondary N) is 1. The number of hydrogen-bond donors (Lipinski definition) is 1. The maximum absolute atomic E-state index is 14.7. The zero-order valence-corrected chi connectivity index (χ0v) is 12.6. The molecule has 0 saturated carbocycles. The fourth-order valence-electron chi connectivity index (χ4n) is 1.97. The van der Waals surface area contributed by atoms with Gasteiger partial charge < -0.3 is 4.74 Å². The molecule has 0 saturated heterocycles. The predicted molar refractivity (Wildman–Crippen MR) is 82.9 cm³/mol. The quantitative estimate of drug-likeness (QED) is 0.454. The molecule has 114 valence electrons. The van der Waals surface area contributed by atoms with Gasteiger partial charge in [0.2, 0.25) is 6.41 Å². The molecule has 0 fully saturated rings. The van der Waals surface area contributed by atoms with Crippen molar-refractivity contribution < 1.29 is 13.9 Å². The van der Waals surface area contributed by atoms with Crippen molar-refractivity contribution in [3.05, 3.63) is 35.7 Å². The first-order chi connectivity index (χ1) is 10.1. The van der Waals surface area contributed by atoms with Crippen LogP contribution in [0.4, 0.5) is 4.39 Å². The minimum absolute atomic E-state index is 0.00237. The van der Waals surface area contributed by atoms with Crippen LogP contribution >= 0.6 is 0 Å². The lowest BCUT2D eigenvalue weighted by Crippen LogP contribution is -2.19. The lowest BCUT2D eigenvalue weighted by atomic mass is 9.94. The molecule has 1 N–H and O–H groups in total. The van der Waals surface area contributed by atoms with E-state index < -0.39 is 5.82 Å². The molecule has 1 aromatic rings. The molecule has 0 aliphatic carbocycles. The maximum Gasteiger partial charge on any atom is 0.227 e. The largest absolute Gasteiger partial charge is 0.493 e. The Morgan fingerprint density at radius 3 is 2.76 bits per heavy atom. The van der Waals surface area contributed by atoms with Crippen molar-refractivity contribution in [2.24, 2.45) is 11.0 Å². The Labute approximate surface area is 124 Å². The van der Waals surface area contributed by atoms with Crippen molar-refractivity contribution in [3.63, 3.8) is 0 Å². The summed E-state index contributed by atoms with van der Waals surface area (Å²) in [6, 6.07) is 3.31. The van der Waals surface area contributed by atoms with Crippen LogP contribution < -0.4 is 10.2 Å². The normalized spacial score (nSPS) is 12.7. The van der Waals surface area contributed by atoms with Crippen molar-refractivity contribution in [2.45, 2.75) is 27.2 Å². The van der Waals surface area contributed by atoms with Crippen LogP contribution in [0.5, 0.6) is 5.75 Å². The third-order valence-corrected chi connectivity index (χ3v) is 3.24. The number of ether oxygens (including phenoxy) is 1. The van der Waals surface area contributed by atoms with E-state index in [1.807, 2.05) is 20.8 Å². The molecule has 0 radical (unpaired) electrons. The Bertz CT molecular complexity index is 541. The molecular formula is C16H21FN2O2. The van der Waals surface area contributed by atoms with Crippen LogP contribution in [-0.4, -0.2) is 18.7 Å². The molecule has 1 rings (SSSR count). The summed E-state index contributed by atoms with van der Waals surface area (Å²) in [5, 5.41) is 3.98. The van der Waals surface area contributed by atoms with Gasteiger partial charge in [0, 0.05) is 11.5 Å². The van der Waals surface area contributed by atoms with Crippen LogP contribution in [0.3, 0.4) is 0 Å². The standard InChI is InChI=1S/C16H21FN2O2/c1-5-11(4)16(19-18-10-20)13-8-9-14(21-7-3)12(6-2)15(13)17/h6,8-11H,2,5,7H2,1,3-4H3,(H,18,20)/b19-16+. The maximum atomic E-state index is 14.7. The van der Waals surface area contributed by atoms with Crippen molar-refractivity contribution in [1.29, 1.82) is 0 Å². The SMILES string of the molecule is C=Cc1c(OCC)ccc(/C(=N/NC=O)C(C)CC)c1F. The van der Waals surface area contributed by atoms with E-state index in [2.05, 4.69) is 17.1 Å². The van der Waals surface area contributed by atoms with E-state index in [-0.39, 0.29) is 5.92 Å². The Kier molecular flexibility index (Phi) is 6.59. The number of amides is 1. The van der Waals surface area contributed by atoms with Crippen LogP contribution in [0.25, 0.3) is 6.08 Å². The van der Waals surface area contributed by atoms with Gasteiger partial charge in [-0.2, -0.15) is 5.10 Å². The summed E-state index contributed by atoms with van der Waals surface area (Å²) in [4.78, 5) is 10.5. The minimum atomic E-state index is -0.442. The topological polar surface area (TPSA) is 50.7 Å². The summed E-state index contributed by atoms with van der Waals surface area (Å²) < 4.78 is 20.1.